The summed E-state index contributed by atoms with van der Waals surface area (Å²) in [5, 5.41) is 0. The number of hydrogen-bond acceptors (Lipinski definition) is 3. The van der Waals surface area contributed by atoms with Gasteiger partial charge in [-0.3, -0.25) is 0 Å². The van der Waals surface area contributed by atoms with Crippen molar-refractivity contribution in [1.29, 1.82) is 0 Å². The molecule has 0 spiro atoms. The molecular weight excluding hydrogens is 260 g/mol. The van der Waals surface area contributed by atoms with Crippen LogP contribution in [0, 0.1) is 0 Å². The third kappa shape index (κ3) is 3.61. The summed E-state index contributed by atoms with van der Waals surface area (Å²) in [7, 11) is 3.69. The van der Waals surface area contributed by atoms with Crippen LogP contribution in [0.25, 0.3) is 0 Å². The van der Waals surface area contributed by atoms with Crippen molar-refractivity contribution in [2.75, 3.05) is 19.1 Å². The molecule has 1 aromatic heterocycles. The van der Waals surface area contributed by atoms with Gasteiger partial charge in [-0.25, -0.2) is 4.98 Å². The minimum Gasteiger partial charge on any atom is -0.497 e. The van der Waals surface area contributed by atoms with Gasteiger partial charge in [-0.05, 0) is 29.3 Å². The normalized spacial score (nSPS) is 10.3. The molecule has 0 saturated heterocycles. The summed E-state index contributed by atoms with van der Waals surface area (Å²) >= 11 is 5.75. The number of benzene rings is 1. The van der Waals surface area contributed by atoms with Gasteiger partial charge in [0.05, 0.1) is 7.11 Å². The fourth-order valence-corrected chi connectivity index (χ4v) is 2.01. The smallest absolute Gasteiger partial charge is 0.128 e. The quantitative estimate of drug-likeness (QED) is 0.782. The molecule has 4 heteroatoms. The summed E-state index contributed by atoms with van der Waals surface area (Å²) in [5.41, 5.74) is 2.21. The van der Waals surface area contributed by atoms with Gasteiger partial charge in [0.2, 0.25) is 0 Å². The Labute approximate surface area is 118 Å². The number of ether oxygens (including phenoxy) is 1. The van der Waals surface area contributed by atoms with E-state index in [1.807, 2.05) is 43.6 Å². The van der Waals surface area contributed by atoms with E-state index in [0.29, 0.717) is 5.88 Å². The van der Waals surface area contributed by atoms with E-state index in [-0.39, 0.29) is 0 Å². The third-order valence-electron chi connectivity index (χ3n) is 2.91. The molecule has 3 nitrogen and oxygen atoms in total. The zero-order chi connectivity index (χ0) is 13.7. The van der Waals surface area contributed by atoms with Crippen molar-refractivity contribution in [3.05, 3.63) is 53.7 Å². The average Bonchev–Trinajstić information content (AvgIpc) is 2.47. The van der Waals surface area contributed by atoms with Gasteiger partial charge in [0, 0.05) is 25.7 Å². The highest BCUT2D eigenvalue weighted by molar-refractivity contribution is 6.17. The molecule has 0 amide bonds. The van der Waals surface area contributed by atoms with Gasteiger partial charge in [0.1, 0.15) is 11.6 Å². The maximum Gasteiger partial charge on any atom is 0.128 e. The summed E-state index contributed by atoms with van der Waals surface area (Å²) in [5.74, 6) is 2.29. The first-order chi connectivity index (χ1) is 9.22. The number of aromatic nitrogens is 1. The molecule has 0 atom stereocenters. The lowest BCUT2D eigenvalue weighted by molar-refractivity contribution is 0.414. The van der Waals surface area contributed by atoms with Crippen molar-refractivity contribution in [1.82, 2.24) is 4.98 Å². The molecule has 0 unspecified atom stereocenters. The molecular formula is C15H17ClN2O. The summed E-state index contributed by atoms with van der Waals surface area (Å²) in [6.07, 6.45) is 1.81. The molecule has 0 aliphatic rings. The van der Waals surface area contributed by atoms with Crippen LogP contribution in [0.1, 0.15) is 11.1 Å². The van der Waals surface area contributed by atoms with E-state index >= 15 is 0 Å². The lowest BCUT2D eigenvalue weighted by atomic mass is 10.2. The van der Waals surface area contributed by atoms with Crippen LogP contribution in [0.5, 0.6) is 5.75 Å². The Hall–Kier alpha value is -1.74. The van der Waals surface area contributed by atoms with Gasteiger partial charge in [-0.1, -0.05) is 18.2 Å². The Balaban J connectivity index is 2.08. The number of pyridine rings is 1. The Morgan fingerprint density at radius 1 is 1.21 bits per heavy atom. The van der Waals surface area contributed by atoms with E-state index in [0.717, 1.165) is 23.7 Å². The molecule has 19 heavy (non-hydrogen) atoms. The largest absolute Gasteiger partial charge is 0.497 e. The van der Waals surface area contributed by atoms with Crippen molar-refractivity contribution in [3.63, 3.8) is 0 Å². The molecule has 2 rings (SSSR count). The summed E-state index contributed by atoms with van der Waals surface area (Å²) in [6.45, 7) is 0.782. The molecule has 1 heterocycles. The number of hydrogen-bond donors (Lipinski definition) is 0. The van der Waals surface area contributed by atoms with Crippen LogP contribution in [0.4, 0.5) is 5.82 Å². The van der Waals surface area contributed by atoms with Gasteiger partial charge in [-0.15, -0.1) is 11.6 Å². The molecule has 0 radical (unpaired) electrons. The minimum atomic E-state index is 0.493. The SMILES string of the molecule is COc1cccc(CN(C)c2ccc(CCl)cn2)c1. The van der Waals surface area contributed by atoms with E-state index < -0.39 is 0 Å². The Kier molecular flexibility index (Phi) is 4.63. The number of alkyl halides is 1. The Bertz CT molecular complexity index is 528. The molecule has 0 saturated carbocycles. The molecule has 0 bridgehead atoms. The summed E-state index contributed by atoms with van der Waals surface area (Å²) in [4.78, 5) is 6.49. The van der Waals surface area contributed by atoms with Crippen LogP contribution in [0.2, 0.25) is 0 Å². The first-order valence-electron chi connectivity index (χ1n) is 6.08. The molecule has 0 aliphatic heterocycles. The maximum absolute atomic E-state index is 5.75. The fourth-order valence-electron chi connectivity index (χ4n) is 1.85. The highest BCUT2D eigenvalue weighted by Gasteiger charge is 2.04. The summed E-state index contributed by atoms with van der Waals surface area (Å²) < 4.78 is 5.22. The topological polar surface area (TPSA) is 25.4 Å². The highest BCUT2D eigenvalue weighted by Crippen LogP contribution is 2.17. The van der Waals surface area contributed by atoms with Gasteiger partial charge in [-0.2, -0.15) is 0 Å². The number of rotatable bonds is 5. The van der Waals surface area contributed by atoms with Crippen molar-refractivity contribution < 1.29 is 4.74 Å². The molecule has 1 aromatic carbocycles. The zero-order valence-corrected chi connectivity index (χ0v) is 11.9. The van der Waals surface area contributed by atoms with Crippen LogP contribution in [0.15, 0.2) is 42.6 Å². The van der Waals surface area contributed by atoms with Crippen molar-refractivity contribution in [2.45, 2.75) is 12.4 Å². The van der Waals surface area contributed by atoms with E-state index in [1.54, 1.807) is 7.11 Å². The van der Waals surface area contributed by atoms with Crippen molar-refractivity contribution in [2.24, 2.45) is 0 Å². The lowest BCUT2D eigenvalue weighted by Crippen LogP contribution is -2.17. The second-order valence-electron chi connectivity index (χ2n) is 4.37. The van der Waals surface area contributed by atoms with Crippen LogP contribution in [0.3, 0.4) is 0 Å². The highest BCUT2D eigenvalue weighted by atomic mass is 35.5. The second-order valence-corrected chi connectivity index (χ2v) is 4.63. The predicted octanol–water partition coefficient (Wildman–Crippen LogP) is 3.47. The zero-order valence-electron chi connectivity index (χ0n) is 11.1. The lowest BCUT2D eigenvalue weighted by Gasteiger charge is -2.18. The first kappa shape index (κ1) is 13.7. The van der Waals surface area contributed by atoms with Gasteiger partial charge >= 0.3 is 0 Å². The van der Waals surface area contributed by atoms with Crippen molar-refractivity contribution >= 4 is 17.4 Å². The molecule has 0 fully saturated rings. The second kappa shape index (κ2) is 6.43. The molecule has 100 valence electrons. The van der Waals surface area contributed by atoms with Gasteiger partial charge < -0.3 is 9.64 Å². The van der Waals surface area contributed by atoms with E-state index in [2.05, 4.69) is 16.0 Å². The van der Waals surface area contributed by atoms with Crippen LogP contribution in [-0.4, -0.2) is 19.1 Å². The minimum absolute atomic E-state index is 0.493. The van der Waals surface area contributed by atoms with Crippen LogP contribution >= 0.6 is 11.6 Å². The number of anilines is 1. The fraction of sp³-hybridized carbons (Fsp3) is 0.267. The van der Waals surface area contributed by atoms with Crippen molar-refractivity contribution in [3.8, 4) is 5.75 Å². The molecule has 2 aromatic rings. The summed E-state index contributed by atoms with van der Waals surface area (Å²) in [6, 6.07) is 12.0. The molecule has 0 aliphatic carbocycles. The average molecular weight is 277 g/mol. The Morgan fingerprint density at radius 2 is 2.05 bits per heavy atom. The standard InChI is InChI=1S/C15H17ClN2O/c1-18(15-7-6-13(9-16)10-17-15)11-12-4-3-5-14(8-12)19-2/h3-8,10H,9,11H2,1-2H3. The predicted molar refractivity (Wildman–Crippen MR) is 78.9 cm³/mol. The molecule has 0 N–H and O–H groups in total. The van der Waals surface area contributed by atoms with E-state index in [9.17, 15) is 0 Å². The van der Waals surface area contributed by atoms with Crippen LogP contribution in [-0.2, 0) is 12.4 Å². The van der Waals surface area contributed by atoms with Gasteiger partial charge in [0.25, 0.3) is 0 Å². The number of halogens is 1. The number of nitrogens with zero attached hydrogens (tertiary/aromatic N) is 2. The maximum atomic E-state index is 5.75. The Morgan fingerprint density at radius 3 is 2.68 bits per heavy atom. The first-order valence-corrected chi connectivity index (χ1v) is 6.61. The number of methoxy groups -OCH3 is 1. The van der Waals surface area contributed by atoms with Gasteiger partial charge in [0.15, 0.2) is 0 Å². The monoisotopic (exact) mass is 276 g/mol. The third-order valence-corrected chi connectivity index (χ3v) is 3.22. The van der Waals surface area contributed by atoms with E-state index in [1.165, 1.54) is 5.56 Å². The van der Waals surface area contributed by atoms with E-state index in [4.69, 9.17) is 16.3 Å². The van der Waals surface area contributed by atoms with Crippen LogP contribution < -0.4 is 9.64 Å².